The first-order valence-corrected chi connectivity index (χ1v) is 8.51. The normalized spacial score (nSPS) is 45.7. The fourth-order valence-electron chi connectivity index (χ4n) is 6.13. The molecule has 1 spiro atoms. The van der Waals surface area contributed by atoms with E-state index in [0.717, 1.165) is 19.3 Å². The summed E-state index contributed by atoms with van der Waals surface area (Å²) in [6.07, 6.45) is 2.65. The first-order valence-electron chi connectivity index (χ1n) is 8.51. The van der Waals surface area contributed by atoms with Gasteiger partial charge in [0.25, 0.3) is 0 Å². The largest absolute Gasteiger partial charge is 0.450 e. The molecule has 120 valence electrons. The Hall–Kier alpha value is -1.68. The molecule has 0 aliphatic heterocycles. The molecular formula is C19H20O4. The minimum Gasteiger partial charge on any atom is -0.450 e. The number of fused-ring (bicyclic) bond motifs is 1. The summed E-state index contributed by atoms with van der Waals surface area (Å²) < 4.78 is 11.5. The smallest absolute Gasteiger partial charge is 0.338 e. The lowest BCUT2D eigenvalue weighted by Gasteiger charge is -2.34. The lowest BCUT2D eigenvalue weighted by Crippen LogP contribution is -2.42. The third kappa shape index (κ3) is 1.55. The highest BCUT2D eigenvalue weighted by atomic mass is 16.5. The summed E-state index contributed by atoms with van der Waals surface area (Å²) in [5, 5.41) is 0. The molecule has 5 rings (SSSR count). The Morgan fingerprint density at radius 1 is 1.26 bits per heavy atom. The van der Waals surface area contributed by atoms with Crippen LogP contribution in [0.2, 0.25) is 0 Å². The van der Waals surface area contributed by atoms with Gasteiger partial charge in [-0.25, -0.2) is 4.79 Å². The second kappa shape index (κ2) is 4.44. The van der Waals surface area contributed by atoms with E-state index in [9.17, 15) is 9.59 Å². The molecule has 0 bridgehead atoms. The van der Waals surface area contributed by atoms with Crippen molar-refractivity contribution in [2.24, 2.45) is 29.1 Å². The van der Waals surface area contributed by atoms with Crippen molar-refractivity contribution < 1.29 is 19.1 Å². The number of hydrogen-bond acceptors (Lipinski definition) is 4. The number of ether oxygens (including phenoxy) is 2. The molecule has 0 N–H and O–H groups in total. The number of benzene rings is 1. The van der Waals surface area contributed by atoms with E-state index < -0.39 is 6.10 Å². The van der Waals surface area contributed by atoms with Gasteiger partial charge >= 0.3 is 5.97 Å². The van der Waals surface area contributed by atoms with Crippen molar-refractivity contribution in [2.75, 3.05) is 7.11 Å². The molecule has 1 aromatic carbocycles. The molecule has 23 heavy (non-hydrogen) atoms. The number of esters is 1. The SMILES string of the molecule is CO[C@@H]1CC[C@]23[C@@H]4C(C[C@H]12)C4C(=O)[C@@H]3OC(=O)c1ccccc1. The van der Waals surface area contributed by atoms with Gasteiger partial charge in [0, 0.05) is 18.4 Å². The fraction of sp³-hybridized carbons (Fsp3) is 0.579. The number of hydrogen-bond donors (Lipinski definition) is 0. The molecule has 0 heterocycles. The number of rotatable bonds is 3. The molecule has 0 amide bonds. The molecular weight excluding hydrogens is 292 g/mol. The number of carbonyl (C=O) groups is 2. The number of Topliss-reactive ketones (excluding diaryl/α,β-unsaturated/α-hetero) is 1. The quantitative estimate of drug-likeness (QED) is 0.805. The Morgan fingerprint density at radius 3 is 2.78 bits per heavy atom. The number of carbonyl (C=O) groups excluding carboxylic acids is 2. The zero-order valence-electron chi connectivity index (χ0n) is 13.1. The average Bonchev–Trinajstić information content (AvgIpc) is 2.95. The van der Waals surface area contributed by atoms with Crippen molar-refractivity contribution in [3.63, 3.8) is 0 Å². The zero-order valence-corrected chi connectivity index (χ0v) is 13.1. The van der Waals surface area contributed by atoms with Crippen LogP contribution in [0.1, 0.15) is 29.6 Å². The molecule has 7 atom stereocenters. The Morgan fingerprint density at radius 2 is 2.04 bits per heavy atom. The second-order valence-electron chi connectivity index (χ2n) is 7.54. The van der Waals surface area contributed by atoms with Crippen LogP contribution in [0.4, 0.5) is 0 Å². The Balaban J connectivity index is 1.46. The van der Waals surface area contributed by atoms with Crippen LogP contribution in [-0.2, 0) is 14.3 Å². The van der Waals surface area contributed by atoms with Gasteiger partial charge in [-0.05, 0) is 49.1 Å². The highest BCUT2D eigenvalue weighted by Gasteiger charge is 2.83. The van der Waals surface area contributed by atoms with E-state index in [1.54, 1.807) is 19.2 Å². The lowest BCUT2D eigenvalue weighted by molar-refractivity contribution is -0.132. The molecule has 1 aromatic rings. The third-order valence-corrected chi connectivity index (χ3v) is 6.93. The summed E-state index contributed by atoms with van der Waals surface area (Å²) in [6, 6.07) is 8.97. The van der Waals surface area contributed by atoms with Crippen LogP contribution >= 0.6 is 0 Å². The van der Waals surface area contributed by atoms with E-state index >= 15 is 0 Å². The van der Waals surface area contributed by atoms with Crippen molar-refractivity contribution in [1.82, 2.24) is 0 Å². The molecule has 0 saturated heterocycles. The molecule has 0 aromatic heterocycles. The van der Waals surface area contributed by atoms with Crippen LogP contribution < -0.4 is 0 Å². The number of ketones is 1. The minimum atomic E-state index is -0.561. The summed E-state index contributed by atoms with van der Waals surface area (Å²) in [7, 11) is 1.76. The van der Waals surface area contributed by atoms with E-state index in [0.29, 0.717) is 23.3 Å². The topological polar surface area (TPSA) is 52.6 Å². The molecule has 4 fully saturated rings. The van der Waals surface area contributed by atoms with Gasteiger partial charge in [0.2, 0.25) is 0 Å². The van der Waals surface area contributed by atoms with E-state index in [1.165, 1.54) is 0 Å². The van der Waals surface area contributed by atoms with Crippen LogP contribution in [0.3, 0.4) is 0 Å². The Labute approximate surface area is 135 Å². The summed E-state index contributed by atoms with van der Waals surface area (Å²) in [4.78, 5) is 25.3. The number of methoxy groups -OCH3 is 1. The van der Waals surface area contributed by atoms with Crippen molar-refractivity contribution in [1.29, 1.82) is 0 Å². The maximum atomic E-state index is 12.8. The van der Waals surface area contributed by atoms with E-state index in [-0.39, 0.29) is 29.2 Å². The van der Waals surface area contributed by atoms with E-state index in [1.807, 2.05) is 18.2 Å². The van der Waals surface area contributed by atoms with Gasteiger partial charge in [0.15, 0.2) is 11.9 Å². The van der Waals surface area contributed by atoms with Crippen molar-refractivity contribution in [3.8, 4) is 0 Å². The van der Waals surface area contributed by atoms with E-state index in [4.69, 9.17) is 9.47 Å². The minimum absolute atomic E-state index is 0.141. The molecule has 4 aliphatic carbocycles. The first-order chi connectivity index (χ1) is 11.2. The third-order valence-electron chi connectivity index (χ3n) is 6.93. The predicted molar refractivity (Wildman–Crippen MR) is 81.7 cm³/mol. The predicted octanol–water partition coefficient (Wildman–Crippen LogP) is 2.47. The van der Waals surface area contributed by atoms with Crippen LogP contribution in [0.5, 0.6) is 0 Å². The van der Waals surface area contributed by atoms with Crippen LogP contribution in [0.25, 0.3) is 0 Å². The van der Waals surface area contributed by atoms with Crippen LogP contribution in [0, 0.1) is 29.1 Å². The zero-order chi connectivity index (χ0) is 15.8. The van der Waals surface area contributed by atoms with E-state index in [2.05, 4.69) is 0 Å². The second-order valence-corrected chi connectivity index (χ2v) is 7.54. The molecule has 2 unspecified atom stereocenters. The molecule has 4 saturated carbocycles. The highest BCUT2D eigenvalue weighted by Crippen LogP contribution is 2.79. The van der Waals surface area contributed by atoms with Crippen molar-refractivity contribution in [2.45, 2.75) is 31.5 Å². The summed E-state index contributed by atoms with van der Waals surface area (Å²) in [6.45, 7) is 0. The molecule has 4 nitrogen and oxygen atoms in total. The van der Waals surface area contributed by atoms with Crippen LogP contribution in [0.15, 0.2) is 30.3 Å². The average molecular weight is 312 g/mol. The maximum absolute atomic E-state index is 12.8. The molecule has 0 radical (unpaired) electrons. The highest BCUT2D eigenvalue weighted by molar-refractivity contribution is 5.98. The molecule has 4 aliphatic rings. The van der Waals surface area contributed by atoms with Crippen molar-refractivity contribution in [3.05, 3.63) is 35.9 Å². The van der Waals surface area contributed by atoms with Gasteiger partial charge in [0.1, 0.15) is 0 Å². The lowest BCUT2D eigenvalue weighted by atomic mass is 9.75. The van der Waals surface area contributed by atoms with Crippen LogP contribution in [-0.4, -0.2) is 31.1 Å². The van der Waals surface area contributed by atoms with Gasteiger partial charge < -0.3 is 9.47 Å². The van der Waals surface area contributed by atoms with Crippen molar-refractivity contribution >= 4 is 11.8 Å². The summed E-state index contributed by atoms with van der Waals surface area (Å²) >= 11 is 0. The summed E-state index contributed by atoms with van der Waals surface area (Å²) in [5.41, 5.74) is 0.377. The van der Waals surface area contributed by atoms with Gasteiger partial charge in [-0.15, -0.1) is 0 Å². The summed E-state index contributed by atoms with van der Waals surface area (Å²) in [5.74, 6) is 1.28. The van der Waals surface area contributed by atoms with Gasteiger partial charge in [0.05, 0.1) is 11.7 Å². The maximum Gasteiger partial charge on any atom is 0.338 e. The Kier molecular flexibility index (Phi) is 2.65. The van der Waals surface area contributed by atoms with Gasteiger partial charge in [-0.1, -0.05) is 18.2 Å². The van der Waals surface area contributed by atoms with Gasteiger partial charge in [-0.2, -0.15) is 0 Å². The monoisotopic (exact) mass is 312 g/mol. The first kappa shape index (κ1) is 13.7. The molecule has 4 heteroatoms. The van der Waals surface area contributed by atoms with Gasteiger partial charge in [-0.3, -0.25) is 4.79 Å². The standard InChI is InChI=1S/C19H20O4/c1-22-13-7-8-19-12(13)9-11-14(15(11)19)16(20)17(19)23-18(21)10-5-3-2-4-6-10/h2-6,11-15,17H,7-9H2,1H3/t11?,12-,13-,14?,15-,17+,19-/m1/s1. The Bertz CT molecular complexity index is 684. The fourth-order valence-corrected chi connectivity index (χ4v) is 6.13.